The number of para-hydroxylation sites is 4. The van der Waals surface area contributed by atoms with Gasteiger partial charge in [-0.25, -0.2) is 15.0 Å². The third-order valence-corrected chi connectivity index (χ3v) is 11.1. The zero-order valence-corrected chi connectivity index (χ0v) is 30.4. The van der Waals surface area contributed by atoms with Gasteiger partial charge in [0.15, 0.2) is 17.5 Å². The fourth-order valence-corrected chi connectivity index (χ4v) is 8.58. The van der Waals surface area contributed by atoms with Crippen LogP contribution in [0.2, 0.25) is 0 Å². The fraction of sp³-hybridized carbons (Fsp3) is 0. The van der Waals surface area contributed by atoms with E-state index in [1.165, 1.54) is 10.8 Å². The lowest BCUT2D eigenvalue weighted by Gasteiger charge is -2.11. The molecule has 0 aliphatic rings. The second kappa shape index (κ2) is 12.3. The van der Waals surface area contributed by atoms with Gasteiger partial charge >= 0.3 is 0 Å². The van der Waals surface area contributed by atoms with Crippen molar-refractivity contribution in [3.05, 3.63) is 182 Å². The summed E-state index contributed by atoms with van der Waals surface area (Å²) in [4.78, 5) is 15.0. The number of benzene rings is 8. The van der Waals surface area contributed by atoms with Crippen molar-refractivity contribution in [1.82, 2.24) is 19.5 Å². The highest BCUT2D eigenvalue weighted by Crippen LogP contribution is 2.45. The third kappa shape index (κ3) is 4.81. The first kappa shape index (κ1) is 31.5. The van der Waals surface area contributed by atoms with Gasteiger partial charge in [-0.1, -0.05) is 146 Å². The summed E-state index contributed by atoms with van der Waals surface area (Å²) in [7, 11) is 0. The Hall–Kier alpha value is -7.83. The molecule has 0 saturated heterocycles. The Kier molecular flexibility index (Phi) is 6.83. The van der Waals surface area contributed by atoms with Crippen LogP contribution in [0, 0.1) is 0 Å². The minimum atomic E-state index is 0.549. The first-order chi connectivity index (χ1) is 28.3. The molecular formula is C51H30N4O2. The second-order valence-corrected chi connectivity index (χ2v) is 14.3. The highest BCUT2D eigenvalue weighted by Gasteiger charge is 2.23. The van der Waals surface area contributed by atoms with Gasteiger partial charge in [-0.05, 0) is 42.0 Å². The first-order valence-electron chi connectivity index (χ1n) is 19.0. The average Bonchev–Trinajstić information content (AvgIpc) is 3.97. The Bertz CT molecular complexity index is 3410. The molecule has 0 aliphatic heterocycles. The van der Waals surface area contributed by atoms with E-state index in [1.54, 1.807) is 0 Å². The van der Waals surface area contributed by atoms with Crippen molar-refractivity contribution >= 4 is 65.7 Å². The van der Waals surface area contributed by atoms with Gasteiger partial charge in [-0.3, -0.25) is 0 Å². The number of fused-ring (bicyclic) bond motifs is 9. The highest BCUT2D eigenvalue weighted by molar-refractivity contribution is 6.21. The van der Waals surface area contributed by atoms with E-state index in [1.807, 2.05) is 66.7 Å². The van der Waals surface area contributed by atoms with Crippen LogP contribution in [-0.4, -0.2) is 19.5 Å². The van der Waals surface area contributed by atoms with Crippen molar-refractivity contribution in [2.24, 2.45) is 0 Å². The summed E-state index contributed by atoms with van der Waals surface area (Å²) in [6.45, 7) is 0. The Morgan fingerprint density at radius 2 is 0.807 bits per heavy atom. The van der Waals surface area contributed by atoms with Crippen molar-refractivity contribution in [1.29, 1.82) is 0 Å². The average molecular weight is 731 g/mol. The summed E-state index contributed by atoms with van der Waals surface area (Å²) in [6, 6.07) is 62.5. The van der Waals surface area contributed by atoms with E-state index in [0.717, 1.165) is 88.4 Å². The maximum atomic E-state index is 7.03. The summed E-state index contributed by atoms with van der Waals surface area (Å²) in [6.07, 6.45) is 0. The fourth-order valence-electron chi connectivity index (χ4n) is 8.58. The molecule has 0 atom stereocenters. The summed E-state index contributed by atoms with van der Waals surface area (Å²) >= 11 is 0. The highest BCUT2D eigenvalue weighted by atomic mass is 16.3. The van der Waals surface area contributed by atoms with Gasteiger partial charge in [0.2, 0.25) is 0 Å². The molecule has 0 radical (unpaired) electrons. The molecule has 266 valence electrons. The molecule has 12 aromatic rings. The zero-order chi connectivity index (χ0) is 37.5. The van der Waals surface area contributed by atoms with Gasteiger partial charge < -0.3 is 13.4 Å². The van der Waals surface area contributed by atoms with Crippen LogP contribution in [0.1, 0.15) is 0 Å². The van der Waals surface area contributed by atoms with Crippen molar-refractivity contribution in [3.63, 3.8) is 0 Å². The minimum Gasteiger partial charge on any atom is -0.456 e. The maximum absolute atomic E-state index is 7.03. The van der Waals surface area contributed by atoms with E-state index in [4.69, 9.17) is 23.8 Å². The lowest BCUT2D eigenvalue weighted by atomic mass is 9.97. The van der Waals surface area contributed by atoms with E-state index < -0.39 is 0 Å². The van der Waals surface area contributed by atoms with Crippen molar-refractivity contribution in [2.75, 3.05) is 0 Å². The quantitative estimate of drug-likeness (QED) is 0.176. The van der Waals surface area contributed by atoms with Crippen LogP contribution in [0.5, 0.6) is 0 Å². The molecule has 0 aliphatic carbocycles. The van der Waals surface area contributed by atoms with E-state index in [-0.39, 0.29) is 0 Å². The van der Waals surface area contributed by atoms with Crippen molar-refractivity contribution in [2.45, 2.75) is 0 Å². The zero-order valence-electron chi connectivity index (χ0n) is 30.4. The molecule has 4 aromatic heterocycles. The Morgan fingerprint density at radius 1 is 0.333 bits per heavy atom. The SMILES string of the molecule is c1ccc(-c2nc(-c3ccccc3)nc(-c3cccc4c3oc3c(-c5cccc6oc7cccc(-n8c9ccccc9c9ccccc98)c7c56)cccc34)n2)cc1. The Morgan fingerprint density at radius 3 is 1.46 bits per heavy atom. The van der Waals surface area contributed by atoms with Gasteiger partial charge in [0.25, 0.3) is 0 Å². The molecule has 0 spiro atoms. The molecule has 6 heteroatoms. The van der Waals surface area contributed by atoms with Crippen LogP contribution in [0.4, 0.5) is 0 Å². The number of nitrogens with zero attached hydrogens (tertiary/aromatic N) is 4. The standard InChI is InChI=1S/C51H30N4O2/c1-3-15-31(16-4-1)49-52-50(32-17-5-2-6-18-32)54-51(53-49)39-25-12-24-38-37-23-11-22-36(47(37)57-48(38)39)35-21-13-29-43-45(35)46-42(28-14-30-44(46)56-43)55-40-26-9-7-19-33(40)34-20-8-10-27-41(34)55/h1-30H. The Balaban J connectivity index is 1.10. The molecular weight excluding hydrogens is 701 g/mol. The van der Waals surface area contributed by atoms with Crippen LogP contribution in [0.3, 0.4) is 0 Å². The largest absolute Gasteiger partial charge is 0.456 e. The molecule has 0 saturated carbocycles. The molecule has 0 bridgehead atoms. The molecule has 0 amide bonds. The van der Waals surface area contributed by atoms with Crippen molar-refractivity contribution < 1.29 is 8.83 Å². The van der Waals surface area contributed by atoms with Crippen molar-refractivity contribution in [3.8, 4) is 51.0 Å². The topological polar surface area (TPSA) is 69.9 Å². The first-order valence-corrected chi connectivity index (χ1v) is 19.0. The van der Waals surface area contributed by atoms with Gasteiger partial charge in [0.05, 0.1) is 27.7 Å². The van der Waals surface area contributed by atoms with E-state index >= 15 is 0 Å². The number of rotatable bonds is 5. The number of hydrogen-bond donors (Lipinski definition) is 0. The molecule has 8 aromatic carbocycles. The second-order valence-electron chi connectivity index (χ2n) is 14.3. The summed E-state index contributed by atoms with van der Waals surface area (Å²) < 4.78 is 16.1. The lowest BCUT2D eigenvalue weighted by molar-refractivity contribution is 0.668. The normalized spacial score (nSPS) is 11.9. The van der Waals surface area contributed by atoms with Gasteiger partial charge in [-0.15, -0.1) is 0 Å². The van der Waals surface area contributed by atoms with E-state index in [2.05, 4.69) is 120 Å². The third-order valence-electron chi connectivity index (χ3n) is 11.1. The van der Waals surface area contributed by atoms with E-state index in [0.29, 0.717) is 17.5 Å². The van der Waals surface area contributed by atoms with Crippen LogP contribution in [0.25, 0.3) is 117 Å². The number of hydrogen-bond acceptors (Lipinski definition) is 5. The summed E-state index contributed by atoms with van der Waals surface area (Å²) in [5, 5.41) is 6.52. The molecule has 0 N–H and O–H groups in total. The summed E-state index contributed by atoms with van der Waals surface area (Å²) in [5.74, 6) is 1.75. The lowest BCUT2D eigenvalue weighted by Crippen LogP contribution is -2.00. The Labute approximate surface area is 325 Å². The van der Waals surface area contributed by atoms with Gasteiger partial charge in [0, 0.05) is 43.6 Å². The molecule has 12 rings (SSSR count). The monoisotopic (exact) mass is 730 g/mol. The molecule has 0 fully saturated rings. The molecule has 4 heterocycles. The van der Waals surface area contributed by atoms with Crippen LogP contribution in [0.15, 0.2) is 191 Å². The molecule has 6 nitrogen and oxygen atoms in total. The predicted molar refractivity (Wildman–Crippen MR) is 230 cm³/mol. The van der Waals surface area contributed by atoms with E-state index in [9.17, 15) is 0 Å². The molecule has 57 heavy (non-hydrogen) atoms. The minimum absolute atomic E-state index is 0.549. The van der Waals surface area contributed by atoms with Gasteiger partial charge in [0.1, 0.15) is 22.3 Å². The van der Waals surface area contributed by atoms with Crippen LogP contribution < -0.4 is 0 Å². The smallest absolute Gasteiger partial charge is 0.167 e. The van der Waals surface area contributed by atoms with Crippen LogP contribution >= 0.6 is 0 Å². The maximum Gasteiger partial charge on any atom is 0.167 e. The number of aromatic nitrogens is 4. The van der Waals surface area contributed by atoms with Crippen LogP contribution in [-0.2, 0) is 0 Å². The predicted octanol–water partition coefficient (Wildman–Crippen LogP) is 13.4. The molecule has 0 unspecified atom stereocenters. The number of furan rings is 2. The van der Waals surface area contributed by atoms with Gasteiger partial charge in [-0.2, -0.15) is 0 Å². The summed E-state index contributed by atoms with van der Waals surface area (Å²) in [5.41, 5.74) is 11.1.